The zero-order valence-corrected chi connectivity index (χ0v) is 32.6. The summed E-state index contributed by atoms with van der Waals surface area (Å²) in [4.78, 5) is 12.8. The maximum atomic E-state index is 12.8. The largest absolute Gasteiger partial charge is 0.394 e. The van der Waals surface area contributed by atoms with Crippen LogP contribution in [-0.2, 0) is 14.3 Å². The third-order valence-electron chi connectivity index (χ3n) is 10.1. The van der Waals surface area contributed by atoms with E-state index in [0.29, 0.717) is 12.8 Å². The molecule has 0 bridgehead atoms. The summed E-state index contributed by atoms with van der Waals surface area (Å²) in [6, 6.07) is -0.713. The molecule has 6 N–H and O–H groups in total. The second-order valence-electron chi connectivity index (χ2n) is 14.8. The zero-order chi connectivity index (χ0) is 37.4. The lowest BCUT2D eigenvalue weighted by molar-refractivity contribution is -0.302. The van der Waals surface area contributed by atoms with Crippen LogP contribution in [0, 0.1) is 0 Å². The zero-order valence-electron chi connectivity index (χ0n) is 32.6. The van der Waals surface area contributed by atoms with Gasteiger partial charge in [0.25, 0.3) is 0 Å². The Balaban J connectivity index is 2.17. The average molecular weight is 726 g/mol. The van der Waals surface area contributed by atoms with Gasteiger partial charge in [-0.25, -0.2) is 0 Å². The molecule has 0 aromatic heterocycles. The molecule has 0 spiro atoms. The van der Waals surface area contributed by atoms with Crippen molar-refractivity contribution >= 4 is 5.91 Å². The van der Waals surface area contributed by atoms with Crippen LogP contribution in [-0.4, -0.2) is 87.5 Å². The number of hydrogen-bond acceptors (Lipinski definition) is 8. The standard InChI is InChI=1S/C42H79NO8/c1-3-5-7-9-10-11-12-13-14-15-16-17-18-19-20-21-22-23-24-25-26-28-30-32-38(46)43-35(36(45)31-29-27-8-6-4-2)34-50-42-41(49)40(48)39(47)37(33-44)51-42/h12-13,15-16,35-37,39-42,44-45,47-49H,3-11,14,17-34H2,1-2H3,(H,43,46)/b13-12-,16-15-. The molecule has 51 heavy (non-hydrogen) atoms. The van der Waals surface area contributed by atoms with Crippen LogP contribution in [0.3, 0.4) is 0 Å². The number of carbonyl (C=O) groups excluding carboxylic acids is 1. The maximum absolute atomic E-state index is 12.8. The summed E-state index contributed by atoms with van der Waals surface area (Å²) in [5, 5.41) is 53.8. The van der Waals surface area contributed by atoms with E-state index in [1.54, 1.807) is 0 Å². The second kappa shape index (κ2) is 33.3. The van der Waals surface area contributed by atoms with Gasteiger partial charge in [-0.15, -0.1) is 0 Å². The van der Waals surface area contributed by atoms with Gasteiger partial charge in [-0.3, -0.25) is 4.79 Å². The summed E-state index contributed by atoms with van der Waals surface area (Å²) >= 11 is 0. The number of allylic oxidation sites excluding steroid dienone is 4. The summed E-state index contributed by atoms with van der Waals surface area (Å²) in [6.45, 7) is 3.72. The Hall–Kier alpha value is -1.33. The molecule has 7 unspecified atom stereocenters. The number of aliphatic hydroxyl groups excluding tert-OH is 5. The monoisotopic (exact) mass is 726 g/mol. The molecular formula is C42H79NO8. The summed E-state index contributed by atoms with van der Waals surface area (Å²) in [7, 11) is 0. The van der Waals surface area contributed by atoms with Crippen LogP contribution in [0.1, 0.15) is 181 Å². The number of rotatable bonds is 34. The Morgan fingerprint density at radius 1 is 0.667 bits per heavy atom. The van der Waals surface area contributed by atoms with Gasteiger partial charge in [-0.1, -0.05) is 154 Å². The van der Waals surface area contributed by atoms with E-state index in [-0.39, 0.29) is 12.5 Å². The van der Waals surface area contributed by atoms with Gasteiger partial charge in [-0.2, -0.15) is 0 Å². The van der Waals surface area contributed by atoms with Gasteiger partial charge in [0, 0.05) is 6.42 Å². The first-order valence-corrected chi connectivity index (χ1v) is 21.0. The van der Waals surface area contributed by atoms with Crippen LogP contribution >= 0.6 is 0 Å². The number of ether oxygens (including phenoxy) is 2. The highest BCUT2D eigenvalue weighted by Crippen LogP contribution is 2.23. The van der Waals surface area contributed by atoms with Crippen molar-refractivity contribution in [3.05, 3.63) is 24.3 Å². The number of nitrogens with one attached hydrogen (secondary N) is 1. The molecule has 1 amide bonds. The van der Waals surface area contributed by atoms with Crippen molar-refractivity contribution in [2.24, 2.45) is 0 Å². The van der Waals surface area contributed by atoms with Gasteiger partial charge in [0.1, 0.15) is 24.4 Å². The average Bonchev–Trinajstić information content (AvgIpc) is 3.13. The normalized spacial score (nSPS) is 22.2. The minimum atomic E-state index is -1.55. The molecule has 0 radical (unpaired) electrons. The first kappa shape index (κ1) is 47.7. The molecule has 1 aliphatic rings. The molecule has 300 valence electrons. The summed E-state index contributed by atoms with van der Waals surface area (Å²) in [6.07, 6.45) is 30.9. The molecule has 1 saturated heterocycles. The third-order valence-corrected chi connectivity index (χ3v) is 10.1. The minimum absolute atomic E-state index is 0.140. The molecule has 1 fully saturated rings. The van der Waals surface area contributed by atoms with Crippen LogP contribution in [0.25, 0.3) is 0 Å². The van der Waals surface area contributed by atoms with Crippen LogP contribution in [0.5, 0.6) is 0 Å². The molecular weight excluding hydrogens is 646 g/mol. The molecule has 7 atom stereocenters. The smallest absolute Gasteiger partial charge is 0.220 e. The molecule has 0 saturated carbocycles. The predicted octanol–water partition coefficient (Wildman–Crippen LogP) is 7.94. The van der Waals surface area contributed by atoms with Gasteiger partial charge in [-0.05, 0) is 44.9 Å². The first-order valence-electron chi connectivity index (χ1n) is 21.0. The minimum Gasteiger partial charge on any atom is -0.394 e. The third kappa shape index (κ3) is 24.6. The second-order valence-corrected chi connectivity index (χ2v) is 14.8. The Labute approximate surface area is 311 Å². The van der Waals surface area contributed by atoms with E-state index in [9.17, 15) is 30.3 Å². The van der Waals surface area contributed by atoms with Crippen molar-refractivity contribution in [1.29, 1.82) is 0 Å². The number of aliphatic hydroxyl groups is 5. The molecule has 1 aliphatic heterocycles. The van der Waals surface area contributed by atoms with Crippen molar-refractivity contribution in [2.45, 2.75) is 224 Å². The molecule has 0 aromatic carbocycles. The quantitative estimate of drug-likeness (QED) is 0.0289. The van der Waals surface area contributed by atoms with Crippen molar-refractivity contribution in [2.75, 3.05) is 13.2 Å². The van der Waals surface area contributed by atoms with E-state index < -0.39 is 49.5 Å². The van der Waals surface area contributed by atoms with Crippen molar-refractivity contribution < 1.29 is 39.8 Å². The first-order chi connectivity index (χ1) is 24.8. The summed E-state index contributed by atoms with van der Waals surface area (Å²) in [5.74, 6) is -0.154. The van der Waals surface area contributed by atoms with Gasteiger partial charge in [0.15, 0.2) is 6.29 Å². The van der Waals surface area contributed by atoms with Gasteiger partial charge >= 0.3 is 0 Å². The lowest BCUT2D eigenvalue weighted by atomic mass is 9.99. The molecule has 1 heterocycles. The molecule has 9 nitrogen and oxygen atoms in total. The number of hydrogen-bond donors (Lipinski definition) is 6. The highest BCUT2D eigenvalue weighted by Gasteiger charge is 2.44. The fraction of sp³-hybridized carbons (Fsp3) is 0.881. The lowest BCUT2D eigenvalue weighted by Gasteiger charge is -2.40. The highest BCUT2D eigenvalue weighted by atomic mass is 16.7. The van der Waals surface area contributed by atoms with E-state index in [4.69, 9.17) is 9.47 Å². The van der Waals surface area contributed by atoms with Crippen molar-refractivity contribution in [3.63, 3.8) is 0 Å². The SMILES string of the molecule is CCCCCCC/C=C\C/C=C\CCCCCCCCCCCCCC(=O)NC(COC1OC(CO)C(O)C(O)C1O)C(O)CCCCCCC. The molecule has 9 heteroatoms. The Kier molecular flexibility index (Phi) is 31.1. The lowest BCUT2D eigenvalue weighted by Crippen LogP contribution is -2.60. The Morgan fingerprint density at radius 2 is 1.16 bits per heavy atom. The van der Waals surface area contributed by atoms with Crippen LogP contribution in [0.15, 0.2) is 24.3 Å². The van der Waals surface area contributed by atoms with Gasteiger partial charge in [0.05, 0.1) is 25.4 Å². The predicted molar refractivity (Wildman–Crippen MR) is 207 cm³/mol. The Bertz CT molecular complexity index is 853. The van der Waals surface area contributed by atoms with Gasteiger partial charge in [0.2, 0.25) is 5.91 Å². The van der Waals surface area contributed by atoms with E-state index in [0.717, 1.165) is 57.8 Å². The summed E-state index contributed by atoms with van der Waals surface area (Å²) in [5.41, 5.74) is 0. The van der Waals surface area contributed by atoms with E-state index in [1.165, 1.54) is 96.3 Å². The fourth-order valence-corrected chi connectivity index (χ4v) is 6.60. The van der Waals surface area contributed by atoms with Crippen LogP contribution in [0.4, 0.5) is 0 Å². The van der Waals surface area contributed by atoms with Crippen LogP contribution in [0.2, 0.25) is 0 Å². The van der Waals surface area contributed by atoms with Crippen molar-refractivity contribution in [1.82, 2.24) is 5.32 Å². The molecule has 1 rings (SSSR count). The molecule has 0 aliphatic carbocycles. The number of unbranched alkanes of at least 4 members (excludes halogenated alkanes) is 20. The molecule has 0 aromatic rings. The highest BCUT2D eigenvalue weighted by molar-refractivity contribution is 5.76. The van der Waals surface area contributed by atoms with Crippen molar-refractivity contribution in [3.8, 4) is 0 Å². The number of carbonyl (C=O) groups is 1. The topological polar surface area (TPSA) is 149 Å². The van der Waals surface area contributed by atoms with E-state index in [2.05, 4.69) is 43.5 Å². The number of amides is 1. The van der Waals surface area contributed by atoms with Crippen LogP contribution < -0.4 is 5.32 Å². The fourth-order valence-electron chi connectivity index (χ4n) is 6.60. The van der Waals surface area contributed by atoms with E-state index >= 15 is 0 Å². The Morgan fingerprint density at radius 3 is 1.69 bits per heavy atom. The maximum Gasteiger partial charge on any atom is 0.220 e. The van der Waals surface area contributed by atoms with E-state index in [1.807, 2.05) is 0 Å². The summed E-state index contributed by atoms with van der Waals surface area (Å²) < 4.78 is 11.1. The van der Waals surface area contributed by atoms with Gasteiger partial charge < -0.3 is 40.3 Å².